The lowest BCUT2D eigenvalue weighted by molar-refractivity contribution is -0.121. The van der Waals surface area contributed by atoms with Crippen molar-refractivity contribution in [1.29, 1.82) is 0 Å². The van der Waals surface area contributed by atoms with Crippen LogP contribution in [0.25, 0.3) is 0 Å². The van der Waals surface area contributed by atoms with Gasteiger partial charge >= 0.3 is 0 Å². The molecule has 0 radical (unpaired) electrons. The van der Waals surface area contributed by atoms with Gasteiger partial charge in [-0.25, -0.2) is 4.39 Å². The van der Waals surface area contributed by atoms with Crippen LogP contribution in [0.3, 0.4) is 0 Å². The van der Waals surface area contributed by atoms with E-state index in [2.05, 4.69) is 5.32 Å². The van der Waals surface area contributed by atoms with Crippen molar-refractivity contribution in [2.45, 2.75) is 25.8 Å². The summed E-state index contributed by atoms with van der Waals surface area (Å²) >= 11 is 0. The van der Waals surface area contributed by atoms with Gasteiger partial charge in [-0.3, -0.25) is 4.79 Å². The predicted molar refractivity (Wildman–Crippen MR) is 84.2 cm³/mol. The summed E-state index contributed by atoms with van der Waals surface area (Å²) in [4.78, 5) is 11.8. The molecule has 1 N–H and O–H groups in total. The van der Waals surface area contributed by atoms with E-state index in [4.69, 9.17) is 4.74 Å². The van der Waals surface area contributed by atoms with Crippen molar-refractivity contribution in [2.24, 2.45) is 0 Å². The van der Waals surface area contributed by atoms with E-state index in [0.717, 1.165) is 11.3 Å². The van der Waals surface area contributed by atoms with E-state index in [-0.39, 0.29) is 11.7 Å². The molecule has 3 nitrogen and oxygen atoms in total. The van der Waals surface area contributed by atoms with Gasteiger partial charge in [0.1, 0.15) is 11.6 Å². The zero-order valence-electron chi connectivity index (χ0n) is 12.6. The summed E-state index contributed by atoms with van der Waals surface area (Å²) in [7, 11) is 1.62. The summed E-state index contributed by atoms with van der Waals surface area (Å²) in [6, 6.07) is 14.2. The number of carbonyl (C=O) groups excluding carboxylic acids is 1. The van der Waals surface area contributed by atoms with Crippen LogP contribution in [0.5, 0.6) is 5.75 Å². The summed E-state index contributed by atoms with van der Waals surface area (Å²) in [5.41, 5.74) is 1.67. The smallest absolute Gasteiger partial charge is 0.220 e. The second-order valence-corrected chi connectivity index (χ2v) is 5.07. The third kappa shape index (κ3) is 4.88. The Bertz CT molecular complexity index is 611. The number of ether oxygens (including phenoxy) is 1. The zero-order valence-corrected chi connectivity index (χ0v) is 12.6. The predicted octanol–water partition coefficient (Wildman–Crippen LogP) is 3.47. The third-order valence-electron chi connectivity index (χ3n) is 3.46. The molecule has 0 aliphatic heterocycles. The molecule has 22 heavy (non-hydrogen) atoms. The molecular formula is C18H20FNO2. The van der Waals surface area contributed by atoms with Crippen LogP contribution < -0.4 is 10.1 Å². The van der Waals surface area contributed by atoms with Crippen molar-refractivity contribution < 1.29 is 13.9 Å². The molecule has 0 aliphatic carbocycles. The maximum atomic E-state index is 13.4. The molecular weight excluding hydrogens is 281 g/mol. The third-order valence-corrected chi connectivity index (χ3v) is 3.46. The molecule has 0 saturated carbocycles. The number of rotatable bonds is 7. The monoisotopic (exact) mass is 301 g/mol. The van der Waals surface area contributed by atoms with Gasteiger partial charge in [0, 0.05) is 13.0 Å². The Morgan fingerprint density at radius 3 is 2.55 bits per heavy atom. The average molecular weight is 301 g/mol. The molecule has 0 aliphatic rings. The number of amides is 1. The molecule has 0 bridgehead atoms. The minimum absolute atomic E-state index is 0.0212. The van der Waals surface area contributed by atoms with E-state index in [9.17, 15) is 9.18 Å². The number of benzene rings is 2. The van der Waals surface area contributed by atoms with Crippen LogP contribution in [-0.2, 0) is 17.8 Å². The van der Waals surface area contributed by atoms with Crippen LogP contribution in [0.4, 0.5) is 4.39 Å². The lowest BCUT2D eigenvalue weighted by Crippen LogP contribution is -2.22. The maximum absolute atomic E-state index is 13.4. The molecule has 0 aromatic heterocycles. The Hall–Kier alpha value is -2.36. The number of methoxy groups -OCH3 is 1. The summed E-state index contributed by atoms with van der Waals surface area (Å²) in [5.74, 6) is 0.563. The highest BCUT2D eigenvalue weighted by Crippen LogP contribution is 2.12. The molecule has 2 rings (SSSR count). The van der Waals surface area contributed by atoms with Gasteiger partial charge in [0.2, 0.25) is 5.91 Å². The summed E-state index contributed by atoms with van der Waals surface area (Å²) in [6.45, 7) is 0.489. The molecule has 2 aromatic carbocycles. The van der Waals surface area contributed by atoms with Crippen LogP contribution in [0, 0.1) is 5.82 Å². The van der Waals surface area contributed by atoms with Crippen molar-refractivity contribution in [3.05, 3.63) is 65.5 Å². The molecule has 0 heterocycles. The Labute approximate surface area is 130 Å². The number of carbonyl (C=O) groups is 1. The fraction of sp³-hybridized carbons (Fsp3) is 0.278. The number of hydrogen-bond acceptors (Lipinski definition) is 2. The number of hydrogen-bond donors (Lipinski definition) is 1. The van der Waals surface area contributed by atoms with Gasteiger partial charge in [0.15, 0.2) is 0 Å². The van der Waals surface area contributed by atoms with Crippen LogP contribution in [-0.4, -0.2) is 13.0 Å². The summed E-state index contributed by atoms with van der Waals surface area (Å²) in [6.07, 6.45) is 1.60. The first-order valence-electron chi connectivity index (χ1n) is 7.32. The first kappa shape index (κ1) is 16.0. The summed E-state index contributed by atoms with van der Waals surface area (Å²) < 4.78 is 18.5. The Morgan fingerprint density at radius 1 is 1.14 bits per heavy atom. The molecule has 2 aromatic rings. The van der Waals surface area contributed by atoms with Gasteiger partial charge in [-0.05, 0) is 42.2 Å². The maximum Gasteiger partial charge on any atom is 0.220 e. The SMILES string of the molecule is COc1ccc(CNC(=O)CCCc2ccccc2F)cc1. The molecule has 0 fully saturated rings. The van der Waals surface area contributed by atoms with Gasteiger partial charge in [-0.1, -0.05) is 30.3 Å². The first-order chi connectivity index (χ1) is 10.7. The molecule has 116 valence electrons. The van der Waals surface area contributed by atoms with Crippen LogP contribution in [0.15, 0.2) is 48.5 Å². The van der Waals surface area contributed by atoms with E-state index < -0.39 is 0 Å². The highest BCUT2D eigenvalue weighted by Gasteiger charge is 2.04. The van der Waals surface area contributed by atoms with Crippen LogP contribution in [0.1, 0.15) is 24.0 Å². The van der Waals surface area contributed by atoms with Gasteiger partial charge in [0.25, 0.3) is 0 Å². The number of halogens is 1. The lowest BCUT2D eigenvalue weighted by atomic mass is 10.1. The van der Waals surface area contributed by atoms with Crippen molar-refractivity contribution >= 4 is 5.91 Å². The molecule has 4 heteroatoms. The van der Waals surface area contributed by atoms with Gasteiger partial charge < -0.3 is 10.1 Å². The van der Waals surface area contributed by atoms with E-state index in [1.54, 1.807) is 19.2 Å². The zero-order chi connectivity index (χ0) is 15.8. The first-order valence-corrected chi connectivity index (χ1v) is 7.32. The lowest BCUT2D eigenvalue weighted by Gasteiger charge is -2.07. The van der Waals surface area contributed by atoms with Gasteiger partial charge in [0.05, 0.1) is 7.11 Å². The molecule has 0 spiro atoms. The quantitative estimate of drug-likeness (QED) is 0.850. The Balaban J connectivity index is 1.70. The molecule has 1 amide bonds. The Kier molecular flexibility index (Phi) is 5.95. The number of nitrogens with one attached hydrogen (secondary N) is 1. The average Bonchev–Trinajstić information content (AvgIpc) is 2.55. The second kappa shape index (κ2) is 8.17. The van der Waals surface area contributed by atoms with Crippen molar-refractivity contribution in [1.82, 2.24) is 5.32 Å². The van der Waals surface area contributed by atoms with Crippen LogP contribution in [0.2, 0.25) is 0 Å². The highest BCUT2D eigenvalue weighted by molar-refractivity contribution is 5.75. The van der Waals surface area contributed by atoms with Crippen molar-refractivity contribution in [3.63, 3.8) is 0 Å². The van der Waals surface area contributed by atoms with E-state index >= 15 is 0 Å². The van der Waals surface area contributed by atoms with E-state index in [1.807, 2.05) is 30.3 Å². The van der Waals surface area contributed by atoms with Crippen LogP contribution >= 0.6 is 0 Å². The fourth-order valence-electron chi connectivity index (χ4n) is 2.17. The highest BCUT2D eigenvalue weighted by atomic mass is 19.1. The number of aryl methyl sites for hydroxylation is 1. The fourth-order valence-corrected chi connectivity index (χ4v) is 2.17. The standard InChI is InChI=1S/C18H20FNO2/c1-22-16-11-9-14(10-12-16)13-20-18(21)8-4-6-15-5-2-3-7-17(15)19/h2-3,5,7,9-12H,4,6,8,13H2,1H3,(H,20,21). The minimum Gasteiger partial charge on any atom is -0.497 e. The topological polar surface area (TPSA) is 38.3 Å². The van der Waals surface area contributed by atoms with Gasteiger partial charge in [-0.15, -0.1) is 0 Å². The molecule has 0 saturated heterocycles. The van der Waals surface area contributed by atoms with E-state index in [1.165, 1.54) is 6.07 Å². The minimum atomic E-state index is -0.207. The largest absolute Gasteiger partial charge is 0.497 e. The molecule has 0 unspecified atom stereocenters. The van der Waals surface area contributed by atoms with Crippen molar-refractivity contribution in [3.8, 4) is 5.75 Å². The molecule has 0 atom stereocenters. The van der Waals surface area contributed by atoms with Gasteiger partial charge in [-0.2, -0.15) is 0 Å². The Morgan fingerprint density at radius 2 is 1.86 bits per heavy atom. The normalized spacial score (nSPS) is 10.3. The van der Waals surface area contributed by atoms with E-state index in [0.29, 0.717) is 31.4 Å². The second-order valence-electron chi connectivity index (χ2n) is 5.07. The van der Waals surface area contributed by atoms with Crippen molar-refractivity contribution in [2.75, 3.05) is 7.11 Å². The summed E-state index contributed by atoms with van der Waals surface area (Å²) in [5, 5.41) is 2.86.